The van der Waals surface area contributed by atoms with Crippen LogP contribution in [0.25, 0.3) is 0 Å². The Hall–Kier alpha value is -0.470. The molecule has 0 amide bonds. The molecule has 9 heteroatoms. The average molecular weight is 242 g/mol. The van der Waals surface area contributed by atoms with E-state index in [1.165, 1.54) is 0 Å². The first-order chi connectivity index (χ1) is 6.14. The maximum absolute atomic E-state index is 12.6. The molecule has 0 aliphatic carbocycles. The first-order valence-electron chi connectivity index (χ1n) is 3.31. The normalized spacial score (nSPS) is 40.4. The van der Waals surface area contributed by atoms with Gasteiger partial charge in [-0.1, -0.05) is 0 Å². The van der Waals surface area contributed by atoms with Crippen LogP contribution in [0.3, 0.4) is 0 Å². The van der Waals surface area contributed by atoms with Crippen LogP contribution in [0.2, 0.25) is 0 Å². The van der Waals surface area contributed by atoms with Gasteiger partial charge in [-0.2, -0.15) is 8.78 Å². The number of hydrogen-bond donors (Lipinski definition) is 0. The summed E-state index contributed by atoms with van der Waals surface area (Å²) in [6, 6.07) is 0. The molecule has 1 heterocycles. The minimum atomic E-state index is -5.80. The maximum atomic E-state index is 12.6. The van der Waals surface area contributed by atoms with Gasteiger partial charge in [-0.05, 0) is 0 Å². The van der Waals surface area contributed by atoms with Crippen molar-refractivity contribution in [3.63, 3.8) is 0 Å². The molecule has 1 rings (SSSR count). The Kier molecular flexibility index (Phi) is 2.49. The SMILES string of the molecule is O=S1(=O)C(F)C(F)C(C(F)F)C1(F)F. The van der Waals surface area contributed by atoms with E-state index in [9.17, 15) is 34.8 Å². The standard InChI is InChI=1S/C5H4F6O2S/c6-2-1(3(7)8)5(10,11)14(12,13)4(2)9/h1-4H. The van der Waals surface area contributed by atoms with Crippen molar-refractivity contribution in [3.05, 3.63) is 0 Å². The molecule has 0 spiro atoms. The van der Waals surface area contributed by atoms with Crippen molar-refractivity contribution >= 4 is 9.84 Å². The molecular formula is C5H4F6O2S. The van der Waals surface area contributed by atoms with Gasteiger partial charge in [0.2, 0.25) is 5.50 Å². The molecule has 0 N–H and O–H groups in total. The van der Waals surface area contributed by atoms with Crippen LogP contribution in [0.15, 0.2) is 0 Å². The molecule has 3 atom stereocenters. The minimum Gasteiger partial charge on any atom is -0.242 e. The van der Waals surface area contributed by atoms with E-state index < -0.39 is 39.1 Å². The fourth-order valence-electron chi connectivity index (χ4n) is 1.14. The molecule has 0 radical (unpaired) electrons. The Morgan fingerprint density at radius 2 is 1.57 bits per heavy atom. The molecule has 1 saturated heterocycles. The van der Waals surface area contributed by atoms with Crippen molar-refractivity contribution in [2.75, 3.05) is 0 Å². The lowest BCUT2D eigenvalue weighted by atomic mass is 10.1. The maximum Gasteiger partial charge on any atom is 0.359 e. The van der Waals surface area contributed by atoms with Gasteiger partial charge in [0.15, 0.2) is 6.17 Å². The van der Waals surface area contributed by atoms with E-state index in [0.717, 1.165) is 0 Å². The van der Waals surface area contributed by atoms with Gasteiger partial charge in [0.1, 0.15) is 5.92 Å². The molecule has 0 aromatic heterocycles. The van der Waals surface area contributed by atoms with Crippen LogP contribution in [0.5, 0.6) is 0 Å². The summed E-state index contributed by atoms with van der Waals surface area (Å²) in [5.41, 5.74) is -3.59. The van der Waals surface area contributed by atoms with Gasteiger partial charge in [0.05, 0.1) is 0 Å². The van der Waals surface area contributed by atoms with E-state index in [4.69, 9.17) is 0 Å². The van der Waals surface area contributed by atoms with Crippen LogP contribution in [-0.2, 0) is 9.84 Å². The highest BCUT2D eigenvalue weighted by Gasteiger charge is 2.71. The summed E-state index contributed by atoms with van der Waals surface area (Å²) in [5.74, 6) is -3.43. The van der Waals surface area contributed by atoms with E-state index in [1.54, 1.807) is 0 Å². The van der Waals surface area contributed by atoms with Gasteiger partial charge in [0.25, 0.3) is 16.3 Å². The van der Waals surface area contributed by atoms with Gasteiger partial charge in [-0.25, -0.2) is 26.0 Å². The first-order valence-corrected chi connectivity index (χ1v) is 4.86. The molecule has 0 saturated carbocycles. The predicted molar refractivity (Wildman–Crippen MR) is 33.2 cm³/mol. The van der Waals surface area contributed by atoms with Gasteiger partial charge in [-0.3, -0.25) is 0 Å². The molecule has 3 unspecified atom stereocenters. The van der Waals surface area contributed by atoms with Crippen molar-refractivity contribution in [2.45, 2.75) is 23.4 Å². The molecular weight excluding hydrogens is 238 g/mol. The number of hydrogen-bond acceptors (Lipinski definition) is 2. The molecule has 0 aromatic rings. The molecule has 1 aliphatic rings. The smallest absolute Gasteiger partial charge is 0.242 e. The van der Waals surface area contributed by atoms with Crippen molar-refractivity contribution in [3.8, 4) is 0 Å². The largest absolute Gasteiger partial charge is 0.359 e. The van der Waals surface area contributed by atoms with E-state index in [-0.39, 0.29) is 0 Å². The summed E-state index contributed by atoms with van der Waals surface area (Å²) in [7, 11) is -5.80. The molecule has 84 valence electrons. The monoisotopic (exact) mass is 242 g/mol. The van der Waals surface area contributed by atoms with Gasteiger partial charge in [0, 0.05) is 0 Å². The van der Waals surface area contributed by atoms with Crippen LogP contribution in [-0.4, -0.2) is 31.8 Å². The molecule has 1 fully saturated rings. The quantitative estimate of drug-likeness (QED) is 0.653. The van der Waals surface area contributed by atoms with E-state index in [2.05, 4.69) is 0 Å². The highest BCUT2D eigenvalue weighted by atomic mass is 32.2. The Labute approximate surface area is 74.8 Å². The van der Waals surface area contributed by atoms with E-state index in [1.807, 2.05) is 0 Å². The number of alkyl halides is 6. The zero-order valence-corrected chi connectivity index (χ0v) is 7.12. The molecule has 0 aromatic carbocycles. The summed E-state index contributed by atoms with van der Waals surface area (Å²) < 4.78 is 94.7. The number of rotatable bonds is 1. The average Bonchev–Trinajstić information content (AvgIpc) is 2.10. The minimum absolute atomic E-state index is 3.39. The van der Waals surface area contributed by atoms with Gasteiger partial charge >= 0.3 is 5.25 Å². The van der Waals surface area contributed by atoms with Crippen LogP contribution >= 0.6 is 0 Å². The third kappa shape index (κ3) is 1.21. The molecule has 1 aliphatic heterocycles. The zero-order chi connectivity index (χ0) is 11.3. The van der Waals surface area contributed by atoms with Crippen LogP contribution in [0, 0.1) is 5.92 Å². The third-order valence-corrected chi connectivity index (χ3v) is 3.81. The highest BCUT2D eigenvalue weighted by molar-refractivity contribution is 7.93. The second kappa shape index (κ2) is 3.01. The van der Waals surface area contributed by atoms with Gasteiger partial charge in [-0.15, -0.1) is 0 Å². The zero-order valence-electron chi connectivity index (χ0n) is 6.30. The van der Waals surface area contributed by atoms with Crippen LogP contribution in [0.4, 0.5) is 26.3 Å². The second-order valence-electron chi connectivity index (χ2n) is 2.76. The second-order valence-corrected chi connectivity index (χ2v) is 4.85. The van der Waals surface area contributed by atoms with Crippen LogP contribution < -0.4 is 0 Å². The fraction of sp³-hybridized carbons (Fsp3) is 1.00. The lowest BCUT2D eigenvalue weighted by Gasteiger charge is -2.16. The Balaban J connectivity index is 3.26. The molecule has 14 heavy (non-hydrogen) atoms. The first kappa shape index (κ1) is 11.6. The van der Waals surface area contributed by atoms with E-state index >= 15 is 0 Å². The number of sulfone groups is 1. The lowest BCUT2D eigenvalue weighted by molar-refractivity contribution is -0.0794. The summed E-state index contributed by atoms with van der Waals surface area (Å²) in [5, 5.41) is -5.06. The topological polar surface area (TPSA) is 34.1 Å². The fourth-order valence-corrected chi connectivity index (χ4v) is 2.57. The Morgan fingerprint density at radius 3 is 1.71 bits per heavy atom. The Morgan fingerprint density at radius 1 is 1.14 bits per heavy atom. The van der Waals surface area contributed by atoms with Crippen molar-refractivity contribution < 1.29 is 34.8 Å². The number of halogens is 6. The van der Waals surface area contributed by atoms with Gasteiger partial charge < -0.3 is 0 Å². The van der Waals surface area contributed by atoms with Crippen molar-refractivity contribution in [1.29, 1.82) is 0 Å². The summed E-state index contributed by atoms with van der Waals surface area (Å²) in [6.07, 6.45) is -7.33. The summed E-state index contributed by atoms with van der Waals surface area (Å²) in [6.45, 7) is 0. The van der Waals surface area contributed by atoms with Crippen molar-refractivity contribution in [1.82, 2.24) is 0 Å². The van der Waals surface area contributed by atoms with Crippen LogP contribution in [0.1, 0.15) is 0 Å². The predicted octanol–water partition coefficient (Wildman–Crippen LogP) is 1.52. The summed E-state index contributed by atoms with van der Waals surface area (Å²) in [4.78, 5) is 0. The highest BCUT2D eigenvalue weighted by Crippen LogP contribution is 2.49. The third-order valence-electron chi connectivity index (χ3n) is 1.93. The molecule has 0 bridgehead atoms. The Bertz CT molecular complexity index is 325. The molecule has 2 nitrogen and oxygen atoms in total. The lowest BCUT2D eigenvalue weighted by Crippen LogP contribution is -2.36. The van der Waals surface area contributed by atoms with Crippen molar-refractivity contribution in [2.24, 2.45) is 5.92 Å². The van der Waals surface area contributed by atoms with E-state index in [0.29, 0.717) is 0 Å². The summed E-state index contributed by atoms with van der Waals surface area (Å²) >= 11 is 0.